The van der Waals surface area contributed by atoms with Gasteiger partial charge in [-0.3, -0.25) is 4.79 Å². The van der Waals surface area contributed by atoms with E-state index < -0.39 is 0 Å². The summed E-state index contributed by atoms with van der Waals surface area (Å²) in [5.74, 6) is 0.908. The van der Waals surface area contributed by atoms with Crippen molar-refractivity contribution in [3.05, 3.63) is 59.3 Å². The third-order valence-electron chi connectivity index (χ3n) is 3.94. The topological polar surface area (TPSA) is 75.7 Å². The summed E-state index contributed by atoms with van der Waals surface area (Å²) in [7, 11) is 0. The first-order valence-electron chi connectivity index (χ1n) is 7.53. The molecule has 0 bridgehead atoms. The summed E-state index contributed by atoms with van der Waals surface area (Å²) in [5, 5.41) is 5.14. The number of ether oxygens (including phenoxy) is 2. The molecular weight excluding hydrogens is 306 g/mol. The smallest absolute Gasteiger partial charge is 0.271 e. The van der Waals surface area contributed by atoms with E-state index in [-0.39, 0.29) is 12.7 Å². The number of aryl methyl sites for hydroxylation is 1. The van der Waals surface area contributed by atoms with Crippen LogP contribution >= 0.6 is 0 Å². The Kier molecular flexibility index (Phi) is 3.42. The molecule has 0 atom stereocenters. The number of rotatable bonds is 3. The largest absolute Gasteiger partial charge is 0.454 e. The zero-order chi connectivity index (χ0) is 16.5. The summed E-state index contributed by atoms with van der Waals surface area (Å²) < 4.78 is 10.5. The number of hydrazone groups is 1. The Morgan fingerprint density at radius 3 is 2.96 bits per heavy atom. The third-order valence-corrected chi connectivity index (χ3v) is 3.94. The summed E-state index contributed by atoms with van der Waals surface area (Å²) in [4.78, 5) is 15.5. The van der Waals surface area contributed by atoms with E-state index in [4.69, 9.17) is 9.47 Å². The van der Waals surface area contributed by atoms with Crippen molar-refractivity contribution in [2.24, 2.45) is 5.10 Å². The molecule has 2 heterocycles. The predicted molar refractivity (Wildman–Crippen MR) is 90.7 cm³/mol. The van der Waals surface area contributed by atoms with Crippen LogP contribution < -0.4 is 14.9 Å². The summed E-state index contributed by atoms with van der Waals surface area (Å²) in [5.41, 5.74) is 6.00. The molecular formula is C18H15N3O3. The fourth-order valence-electron chi connectivity index (χ4n) is 2.72. The van der Waals surface area contributed by atoms with Crippen molar-refractivity contribution in [1.29, 1.82) is 0 Å². The van der Waals surface area contributed by atoms with E-state index in [1.807, 2.05) is 31.2 Å². The van der Waals surface area contributed by atoms with Crippen LogP contribution in [0.2, 0.25) is 0 Å². The van der Waals surface area contributed by atoms with Crippen LogP contribution in [0.4, 0.5) is 0 Å². The molecule has 0 saturated heterocycles. The third kappa shape index (κ3) is 2.48. The first-order chi connectivity index (χ1) is 11.7. The number of hydrogen-bond donors (Lipinski definition) is 2. The fourth-order valence-corrected chi connectivity index (χ4v) is 2.72. The SMILES string of the molecule is Cc1[nH]c2ccccc2c1/C=N/NC(=O)c1ccc2c(c1)OCO2. The highest BCUT2D eigenvalue weighted by Crippen LogP contribution is 2.32. The van der Waals surface area contributed by atoms with Crippen LogP contribution in [0.1, 0.15) is 21.6 Å². The molecule has 6 nitrogen and oxygen atoms in total. The molecule has 120 valence electrons. The summed E-state index contributed by atoms with van der Waals surface area (Å²) >= 11 is 0. The van der Waals surface area contributed by atoms with Gasteiger partial charge in [0.05, 0.1) is 6.21 Å². The first-order valence-corrected chi connectivity index (χ1v) is 7.53. The number of carbonyl (C=O) groups excluding carboxylic acids is 1. The Morgan fingerprint density at radius 2 is 2.04 bits per heavy atom. The molecule has 6 heteroatoms. The molecule has 0 fully saturated rings. The van der Waals surface area contributed by atoms with Gasteiger partial charge < -0.3 is 14.5 Å². The number of para-hydroxylation sites is 1. The van der Waals surface area contributed by atoms with Crippen molar-refractivity contribution in [2.75, 3.05) is 6.79 Å². The maximum Gasteiger partial charge on any atom is 0.271 e. The van der Waals surface area contributed by atoms with E-state index in [1.165, 1.54) is 0 Å². The number of benzene rings is 2. The van der Waals surface area contributed by atoms with Gasteiger partial charge >= 0.3 is 0 Å². The number of amides is 1. The second kappa shape index (κ2) is 5.73. The van der Waals surface area contributed by atoms with Crippen molar-refractivity contribution in [1.82, 2.24) is 10.4 Å². The van der Waals surface area contributed by atoms with Crippen LogP contribution in [-0.2, 0) is 0 Å². The number of aromatic nitrogens is 1. The highest BCUT2D eigenvalue weighted by Gasteiger charge is 2.16. The van der Waals surface area contributed by atoms with E-state index in [0.717, 1.165) is 22.2 Å². The molecule has 2 aromatic carbocycles. The second-order valence-electron chi connectivity index (χ2n) is 5.48. The van der Waals surface area contributed by atoms with Gasteiger partial charge in [0.2, 0.25) is 6.79 Å². The van der Waals surface area contributed by atoms with Gasteiger partial charge in [-0.1, -0.05) is 18.2 Å². The van der Waals surface area contributed by atoms with E-state index in [9.17, 15) is 4.79 Å². The number of nitrogens with zero attached hydrogens (tertiary/aromatic N) is 1. The van der Waals surface area contributed by atoms with Crippen LogP contribution in [0.3, 0.4) is 0 Å². The fraction of sp³-hybridized carbons (Fsp3) is 0.111. The molecule has 0 spiro atoms. The molecule has 2 N–H and O–H groups in total. The van der Waals surface area contributed by atoms with Gasteiger partial charge in [0, 0.05) is 27.7 Å². The van der Waals surface area contributed by atoms with E-state index in [0.29, 0.717) is 17.1 Å². The zero-order valence-corrected chi connectivity index (χ0v) is 13.0. The highest BCUT2D eigenvalue weighted by molar-refractivity contribution is 6.01. The van der Waals surface area contributed by atoms with E-state index >= 15 is 0 Å². The van der Waals surface area contributed by atoms with Crippen LogP contribution in [0.25, 0.3) is 10.9 Å². The molecule has 3 aromatic rings. The molecule has 0 radical (unpaired) electrons. The van der Waals surface area contributed by atoms with Crippen molar-refractivity contribution in [2.45, 2.75) is 6.92 Å². The Balaban J connectivity index is 1.52. The highest BCUT2D eigenvalue weighted by atomic mass is 16.7. The number of carbonyl (C=O) groups is 1. The monoisotopic (exact) mass is 321 g/mol. The minimum atomic E-state index is -0.304. The Hall–Kier alpha value is -3.28. The maximum absolute atomic E-state index is 12.2. The number of aromatic amines is 1. The molecule has 0 aliphatic carbocycles. The Bertz CT molecular complexity index is 959. The molecule has 1 aromatic heterocycles. The molecule has 0 unspecified atom stereocenters. The lowest BCUT2D eigenvalue weighted by Gasteiger charge is -2.01. The van der Waals surface area contributed by atoms with Crippen LogP contribution in [0.15, 0.2) is 47.6 Å². The number of H-pyrrole nitrogens is 1. The van der Waals surface area contributed by atoms with Gasteiger partial charge in [-0.15, -0.1) is 0 Å². The number of fused-ring (bicyclic) bond motifs is 2. The minimum Gasteiger partial charge on any atom is -0.454 e. The molecule has 4 rings (SSSR count). The molecule has 1 aliphatic heterocycles. The van der Waals surface area contributed by atoms with Crippen molar-refractivity contribution in [3.8, 4) is 11.5 Å². The van der Waals surface area contributed by atoms with Crippen LogP contribution in [-0.4, -0.2) is 23.9 Å². The van der Waals surface area contributed by atoms with Crippen molar-refractivity contribution >= 4 is 23.0 Å². The average Bonchev–Trinajstić information content (AvgIpc) is 3.18. The summed E-state index contributed by atoms with van der Waals surface area (Å²) in [6, 6.07) is 13.0. The van der Waals surface area contributed by atoms with Crippen LogP contribution in [0.5, 0.6) is 11.5 Å². The number of hydrogen-bond acceptors (Lipinski definition) is 4. The zero-order valence-electron chi connectivity index (χ0n) is 13.0. The number of nitrogens with one attached hydrogen (secondary N) is 2. The Morgan fingerprint density at radius 1 is 1.21 bits per heavy atom. The molecule has 0 saturated carbocycles. The first kappa shape index (κ1) is 14.3. The molecule has 1 aliphatic rings. The van der Waals surface area contributed by atoms with Crippen LogP contribution in [0, 0.1) is 6.92 Å². The lowest BCUT2D eigenvalue weighted by atomic mass is 10.1. The maximum atomic E-state index is 12.2. The predicted octanol–water partition coefficient (Wildman–Crippen LogP) is 2.97. The van der Waals surface area contributed by atoms with E-state index in [2.05, 4.69) is 15.5 Å². The molecule has 24 heavy (non-hydrogen) atoms. The standard InChI is InChI=1S/C18H15N3O3/c1-11-14(13-4-2-3-5-15(13)20-11)9-19-21-18(22)12-6-7-16-17(8-12)24-10-23-16/h2-9,20H,10H2,1H3,(H,21,22)/b19-9+. The van der Waals surface area contributed by atoms with Crippen molar-refractivity contribution < 1.29 is 14.3 Å². The Labute approximate surface area is 138 Å². The quantitative estimate of drug-likeness (QED) is 0.575. The van der Waals surface area contributed by atoms with E-state index in [1.54, 1.807) is 24.4 Å². The van der Waals surface area contributed by atoms with Gasteiger partial charge in [0.15, 0.2) is 11.5 Å². The summed E-state index contributed by atoms with van der Waals surface area (Å²) in [6.45, 7) is 2.15. The second-order valence-corrected chi connectivity index (χ2v) is 5.48. The normalized spacial score (nSPS) is 12.9. The van der Waals surface area contributed by atoms with Crippen molar-refractivity contribution in [3.63, 3.8) is 0 Å². The minimum absolute atomic E-state index is 0.179. The van der Waals surface area contributed by atoms with Gasteiger partial charge in [0.1, 0.15) is 0 Å². The summed E-state index contributed by atoms with van der Waals surface area (Å²) in [6.07, 6.45) is 1.65. The lowest BCUT2D eigenvalue weighted by Crippen LogP contribution is -2.17. The van der Waals surface area contributed by atoms with Gasteiger partial charge in [-0.25, -0.2) is 5.43 Å². The van der Waals surface area contributed by atoms with Gasteiger partial charge in [0.25, 0.3) is 5.91 Å². The molecule has 1 amide bonds. The van der Waals surface area contributed by atoms with Gasteiger partial charge in [-0.05, 0) is 31.2 Å². The van der Waals surface area contributed by atoms with Gasteiger partial charge in [-0.2, -0.15) is 5.10 Å². The lowest BCUT2D eigenvalue weighted by molar-refractivity contribution is 0.0954. The average molecular weight is 321 g/mol.